The van der Waals surface area contributed by atoms with Crippen LogP contribution < -0.4 is 16.2 Å². The smallest absolute Gasteiger partial charge is 0.321 e. The van der Waals surface area contributed by atoms with Crippen LogP contribution in [-0.2, 0) is 11.3 Å². The first-order chi connectivity index (χ1) is 13.4. The average Bonchev–Trinajstić information content (AvgIpc) is 2.70. The summed E-state index contributed by atoms with van der Waals surface area (Å²) in [5.41, 5.74) is 0.465. The highest BCUT2D eigenvalue weighted by molar-refractivity contribution is 8.00. The molecule has 1 aromatic carbocycles. The minimum Gasteiger partial charge on any atom is -0.341 e. The minimum atomic E-state index is -0.593. The molecule has 1 heterocycles. The molecule has 1 atom stereocenters. The molecule has 3 amide bonds. The van der Waals surface area contributed by atoms with E-state index in [9.17, 15) is 14.4 Å². The highest BCUT2D eigenvalue weighted by Crippen LogP contribution is 2.22. The lowest BCUT2D eigenvalue weighted by Crippen LogP contribution is -2.41. The van der Waals surface area contributed by atoms with E-state index in [1.807, 2.05) is 12.1 Å². The van der Waals surface area contributed by atoms with Crippen LogP contribution in [-0.4, -0.2) is 58.3 Å². The maximum Gasteiger partial charge on any atom is 0.321 e. The lowest BCUT2D eigenvalue weighted by atomic mass is 10.2. The lowest BCUT2D eigenvalue weighted by Gasteiger charge is -2.21. The van der Waals surface area contributed by atoms with Crippen LogP contribution in [0.25, 0.3) is 10.9 Å². The first-order valence-corrected chi connectivity index (χ1v) is 10.2. The molecule has 28 heavy (non-hydrogen) atoms. The molecule has 152 valence electrons. The van der Waals surface area contributed by atoms with Gasteiger partial charge in [-0.2, -0.15) is 0 Å². The summed E-state index contributed by atoms with van der Waals surface area (Å²) in [6.45, 7) is 8.79. The molecule has 0 saturated carbocycles. The summed E-state index contributed by atoms with van der Waals surface area (Å²) in [4.78, 5) is 43.5. The van der Waals surface area contributed by atoms with Crippen molar-refractivity contribution >= 4 is 34.6 Å². The van der Waals surface area contributed by atoms with Crippen molar-refractivity contribution in [1.82, 2.24) is 25.1 Å². The molecule has 0 aliphatic carbocycles. The van der Waals surface area contributed by atoms with Crippen LogP contribution in [0.4, 0.5) is 4.79 Å². The fourth-order valence-electron chi connectivity index (χ4n) is 2.70. The normalized spacial score (nSPS) is 12.2. The van der Waals surface area contributed by atoms with E-state index >= 15 is 0 Å². The summed E-state index contributed by atoms with van der Waals surface area (Å²) < 4.78 is 1.62. The molecule has 0 bridgehead atoms. The third kappa shape index (κ3) is 5.32. The Balaban J connectivity index is 2.36. The first kappa shape index (κ1) is 21.9. The van der Waals surface area contributed by atoms with Gasteiger partial charge in [0.2, 0.25) is 5.91 Å². The van der Waals surface area contributed by atoms with Crippen LogP contribution in [0.3, 0.4) is 0 Å². The van der Waals surface area contributed by atoms with Crippen molar-refractivity contribution in [3.63, 3.8) is 0 Å². The van der Waals surface area contributed by atoms with Crippen molar-refractivity contribution in [3.8, 4) is 0 Å². The second-order valence-corrected chi connectivity index (χ2v) is 7.53. The van der Waals surface area contributed by atoms with Crippen LogP contribution in [0.2, 0.25) is 0 Å². The fourth-order valence-corrected chi connectivity index (χ4v) is 3.64. The molecule has 0 spiro atoms. The van der Waals surface area contributed by atoms with Gasteiger partial charge in [0.1, 0.15) is 0 Å². The molecule has 2 rings (SSSR count). The number of rotatable bonds is 8. The third-order valence-corrected chi connectivity index (χ3v) is 5.57. The second-order valence-electron chi connectivity index (χ2n) is 6.22. The van der Waals surface area contributed by atoms with Crippen molar-refractivity contribution in [2.45, 2.75) is 37.7 Å². The summed E-state index contributed by atoms with van der Waals surface area (Å²) >= 11 is 1.17. The topological polar surface area (TPSA) is 96.3 Å². The molecular weight excluding hydrogens is 378 g/mol. The van der Waals surface area contributed by atoms with Crippen molar-refractivity contribution in [1.29, 1.82) is 0 Å². The zero-order valence-corrected chi connectivity index (χ0v) is 17.5. The molecule has 0 unspecified atom stereocenters. The van der Waals surface area contributed by atoms with E-state index in [1.54, 1.807) is 23.6 Å². The zero-order chi connectivity index (χ0) is 20.7. The molecule has 1 aromatic heterocycles. The van der Waals surface area contributed by atoms with E-state index < -0.39 is 17.2 Å². The van der Waals surface area contributed by atoms with Gasteiger partial charge in [0.25, 0.3) is 5.56 Å². The molecule has 8 nitrogen and oxygen atoms in total. The molecule has 9 heteroatoms. The van der Waals surface area contributed by atoms with Gasteiger partial charge in [0, 0.05) is 20.1 Å². The Hall–Kier alpha value is -2.39. The van der Waals surface area contributed by atoms with E-state index in [0.717, 1.165) is 13.1 Å². The lowest BCUT2D eigenvalue weighted by molar-refractivity contribution is -0.119. The van der Waals surface area contributed by atoms with E-state index in [2.05, 4.69) is 34.4 Å². The predicted molar refractivity (Wildman–Crippen MR) is 112 cm³/mol. The highest BCUT2D eigenvalue weighted by Gasteiger charge is 2.21. The largest absolute Gasteiger partial charge is 0.341 e. The second kappa shape index (κ2) is 10.2. The van der Waals surface area contributed by atoms with E-state index in [1.165, 1.54) is 18.8 Å². The molecule has 2 N–H and O–H groups in total. The third-order valence-electron chi connectivity index (χ3n) is 4.48. The van der Waals surface area contributed by atoms with Crippen molar-refractivity contribution < 1.29 is 9.59 Å². The number of nitrogens with one attached hydrogen (secondary N) is 2. The summed E-state index contributed by atoms with van der Waals surface area (Å²) in [6.07, 6.45) is 0. The Bertz CT molecular complexity index is 895. The molecule has 0 radical (unpaired) electrons. The summed E-state index contributed by atoms with van der Waals surface area (Å²) in [7, 11) is 1.44. The van der Waals surface area contributed by atoms with Crippen LogP contribution in [0, 0.1) is 0 Å². The van der Waals surface area contributed by atoms with Crippen LogP contribution in [0.15, 0.2) is 34.2 Å². The molecule has 0 fully saturated rings. The van der Waals surface area contributed by atoms with Gasteiger partial charge in [0.05, 0.1) is 16.2 Å². The standard InChI is InChI=1S/C19H27N5O3S/c1-5-23(6-2)11-12-24-17(26)14-9-7-8-10-15(14)21-19(24)28-13(3)16(25)22-18(27)20-4/h7-10,13H,5-6,11-12H2,1-4H3,(H2,20,22,25,27)/t13-/m1/s1. The number of aromatic nitrogens is 2. The summed E-state index contributed by atoms with van der Waals surface area (Å²) in [5.74, 6) is -0.443. The van der Waals surface area contributed by atoms with Gasteiger partial charge in [-0.1, -0.05) is 37.7 Å². The first-order valence-electron chi connectivity index (χ1n) is 9.32. The molecule has 0 aliphatic heterocycles. The van der Waals surface area contributed by atoms with Gasteiger partial charge < -0.3 is 10.2 Å². The highest BCUT2D eigenvalue weighted by atomic mass is 32.2. The monoisotopic (exact) mass is 405 g/mol. The van der Waals surface area contributed by atoms with E-state index in [4.69, 9.17) is 0 Å². The number of hydrogen-bond acceptors (Lipinski definition) is 6. The van der Waals surface area contributed by atoms with Crippen molar-refractivity contribution in [3.05, 3.63) is 34.6 Å². The van der Waals surface area contributed by atoms with Gasteiger partial charge in [-0.05, 0) is 32.1 Å². The number of fused-ring (bicyclic) bond motifs is 1. The van der Waals surface area contributed by atoms with Gasteiger partial charge in [-0.3, -0.25) is 19.5 Å². The van der Waals surface area contributed by atoms with Crippen LogP contribution in [0.1, 0.15) is 20.8 Å². The minimum absolute atomic E-state index is 0.126. The quantitative estimate of drug-likeness (QED) is 0.512. The van der Waals surface area contributed by atoms with Gasteiger partial charge in [-0.15, -0.1) is 0 Å². The summed E-state index contributed by atoms with van der Waals surface area (Å²) in [5, 5.41) is 5.03. The van der Waals surface area contributed by atoms with Gasteiger partial charge in [0.15, 0.2) is 5.16 Å². The molecule has 0 aliphatic rings. The number of likely N-dealkylation sites (N-methyl/N-ethyl adjacent to an activating group) is 1. The maximum absolute atomic E-state index is 13.0. The molecule has 2 aromatic rings. The Morgan fingerprint density at radius 2 is 1.93 bits per heavy atom. The summed E-state index contributed by atoms with van der Waals surface area (Å²) in [6, 6.07) is 6.61. The number of urea groups is 1. The number of nitrogens with zero attached hydrogens (tertiary/aromatic N) is 3. The number of benzene rings is 1. The number of amides is 3. The number of thioether (sulfide) groups is 1. The van der Waals surface area contributed by atoms with E-state index in [-0.39, 0.29) is 5.56 Å². The van der Waals surface area contributed by atoms with Crippen LogP contribution >= 0.6 is 11.8 Å². The Labute approximate surface area is 168 Å². The number of carbonyl (C=O) groups excluding carboxylic acids is 2. The number of para-hydroxylation sites is 1. The fraction of sp³-hybridized carbons (Fsp3) is 0.474. The van der Waals surface area contributed by atoms with Crippen molar-refractivity contribution in [2.75, 3.05) is 26.7 Å². The van der Waals surface area contributed by atoms with Gasteiger partial charge in [-0.25, -0.2) is 9.78 Å². The number of hydrogen-bond donors (Lipinski definition) is 2. The predicted octanol–water partition coefficient (Wildman–Crippen LogP) is 1.67. The SMILES string of the molecule is CCN(CC)CCn1c(S[C@H](C)C(=O)NC(=O)NC)nc2ccccc2c1=O. The maximum atomic E-state index is 13.0. The average molecular weight is 406 g/mol. The van der Waals surface area contributed by atoms with Crippen molar-refractivity contribution in [2.24, 2.45) is 0 Å². The Kier molecular flexibility index (Phi) is 8.01. The Morgan fingerprint density at radius 1 is 1.25 bits per heavy atom. The van der Waals surface area contributed by atoms with E-state index in [0.29, 0.717) is 29.1 Å². The number of carbonyl (C=O) groups is 2. The zero-order valence-electron chi connectivity index (χ0n) is 16.7. The molecule has 0 saturated heterocycles. The van der Waals surface area contributed by atoms with Crippen LogP contribution in [0.5, 0.6) is 0 Å². The van der Waals surface area contributed by atoms with Gasteiger partial charge >= 0.3 is 6.03 Å². The Morgan fingerprint density at radius 3 is 2.57 bits per heavy atom. The molecular formula is C19H27N5O3S. The number of imide groups is 1.